The van der Waals surface area contributed by atoms with Crippen molar-refractivity contribution in [2.24, 2.45) is 11.8 Å². The van der Waals surface area contributed by atoms with E-state index in [-0.39, 0.29) is 0 Å². The quantitative estimate of drug-likeness (QED) is 0.778. The lowest BCUT2D eigenvalue weighted by molar-refractivity contribution is 0.0924. The molecule has 4 rings (SSSR count). The van der Waals surface area contributed by atoms with E-state index in [2.05, 4.69) is 27.9 Å². The molecule has 2 fully saturated rings. The van der Waals surface area contributed by atoms with Crippen LogP contribution in [-0.2, 0) is 11.3 Å². The molecule has 2 aliphatic heterocycles. The predicted octanol–water partition coefficient (Wildman–Crippen LogP) is 2.63. The van der Waals surface area contributed by atoms with Crippen molar-refractivity contribution in [3.8, 4) is 11.9 Å². The van der Waals surface area contributed by atoms with Crippen molar-refractivity contribution < 1.29 is 9.47 Å². The van der Waals surface area contributed by atoms with Gasteiger partial charge in [-0.25, -0.2) is 9.97 Å². The van der Waals surface area contributed by atoms with Gasteiger partial charge in [0.25, 0.3) is 0 Å². The van der Waals surface area contributed by atoms with Crippen molar-refractivity contribution in [1.29, 1.82) is 5.26 Å². The number of aryl methyl sites for hydroxylation is 1. The van der Waals surface area contributed by atoms with E-state index >= 15 is 0 Å². The Labute approximate surface area is 157 Å². The summed E-state index contributed by atoms with van der Waals surface area (Å²) in [6, 6.07) is 5.54. The summed E-state index contributed by atoms with van der Waals surface area (Å²) < 4.78 is 11.8. The zero-order valence-electron chi connectivity index (χ0n) is 14.8. The lowest BCUT2D eigenvalue weighted by atomic mass is 9.91. The van der Waals surface area contributed by atoms with Crippen molar-refractivity contribution in [3.63, 3.8) is 0 Å². The van der Waals surface area contributed by atoms with Gasteiger partial charge in [-0.05, 0) is 25.3 Å². The van der Waals surface area contributed by atoms with Gasteiger partial charge < -0.3 is 9.47 Å². The molecule has 0 N–H and O–H groups in total. The number of likely N-dealkylation sites (tertiary alicyclic amines) is 1. The fourth-order valence-electron chi connectivity index (χ4n) is 3.83. The van der Waals surface area contributed by atoms with Crippen LogP contribution in [0.15, 0.2) is 23.8 Å². The van der Waals surface area contributed by atoms with Crippen molar-refractivity contribution in [2.45, 2.75) is 26.0 Å². The van der Waals surface area contributed by atoms with Crippen LogP contribution in [0, 0.1) is 30.1 Å². The third-order valence-electron chi connectivity index (χ3n) is 5.33. The number of ether oxygens (including phenoxy) is 2. The molecule has 6 nitrogen and oxygen atoms in total. The second-order valence-electron chi connectivity index (χ2n) is 6.98. The molecule has 4 heterocycles. The van der Waals surface area contributed by atoms with Gasteiger partial charge >= 0.3 is 0 Å². The molecule has 3 atom stereocenters. The minimum absolute atomic E-state index is 0.348. The first kappa shape index (κ1) is 17.4. The Morgan fingerprint density at radius 2 is 2.31 bits per heavy atom. The predicted molar refractivity (Wildman–Crippen MR) is 97.9 cm³/mol. The standard InChI is InChI=1S/C19H22N4O2S/c1-13-18(26-12-22-13)10-23-8-16-15(11-25-17(16)9-23)4-5-24-19-3-2-14(6-20)7-21-19/h2-3,7,12,15-17H,4-5,8-11H2,1H3/t15-,16-,17-/m0/s1. The summed E-state index contributed by atoms with van der Waals surface area (Å²) in [4.78, 5) is 12.3. The zero-order valence-corrected chi connectivity index (χ0v) is 15.6. The molecule has 2 aromatic heterocycles. The highest BCUT2D eigenvalue weighted by atomic mass is 32.1. The number of nitriles is 1. The Hall–Kier alpha value is -2.01. The summed E-state index contributed by atoms with van der Waals surface area (Å²) in [5.74, 6) is 1.69. The van der Waals surface area contributed by atoms with Gasteiger partial charge in [0.1, 0.15) is 6.07 Å². The van der Waals surface area contributed by atoms with E-state index in [1.165, 1.54) is 4.88 Å². The van der Waals surface area contributed by atoms with E-state index in [4.69, 9.17) is 14.7 Å². The van der Waals surface area contributed by atoms with Gasteiger partial charge in [0.15, 0.2) is 0 Å². The molecule has 2 aliphatic rings. The first-order valence-electron chi connectivity index (χ1n) is 8.95. The van der Waals surface area contributed by atoms with Crippen molar-refractivity contribution in [2.75, 3.05) is 26.3 Å². The first-order chi connectivity index (χ1) is 12.7. The minimum atomic E-state index is 0.348. The van der Waals surface area contributed by atoms with E-state index in [1.54, 1.807) is 29.7 Å². The maximum absolute atomic E-state index is 8.80. The van der Waals surface area contributed by atoms with Gasteiger partial charge in [-0.1, -0.05) is 0 Å². The molecule has 2 saturated heterocycles. The van der Waals surface area contributed by atoms with Crippen LogP contribution >= 0.6 is 11.3 Å². The Bertz CT molecular complexity index is 786. The van der Waals surface area contributed by atoms with Crippen LogP contribution in [0.2, 0.25) is 0 Å². The topological polar surface area (TPSA) is 71.3 Å². The van der Waals surface area contributed by atoms with E-state index in [1.807, 2.05) is 5.51 Å². The van der Waals surface area contributed by atoms with Crippen LogP contribution in [0.3, 0.4) is 0 Å². The highest BCUT2D eigenvalue weighted by molar-refractivity contribution is 7.09. The minimum Gasteiger partial charge on any atom is -0.478 e. The number of nitrogens with zero attached hydrogens (tertiary/aromatic N) is 4. The van der Waals surface area contributed by atoms with Gasteiger partial charge in [0.2, 0.25) is 5.88 Å². The molecule has 136 valence electrons. The van der Waals surface area contributed by atoms with Crippen LogP contribution in [0.1, 0.15) is 22.6 Å². The number of hydrogen-bond acceptors (Lipinski definition) is 7. The molecule has 0 aliphatic carbocycles. The Kier molecular flexibility index (Phi) is 5.16. The summed E-state index contributed by atoms with van der Waals surface area (Å²) in [5.41, 5.74) is 3.62. The Morgan fingerprint density at radius 1 is 1.38 bits per heavy atom. The molecule has 0 saturated carbocycles. The maximum atomic E-state index is 8.80. The molecule has 0 bridgehead atoms. The number of aromatic nitrogens is 2. The molecule has 0 aromatic carbocycles. The maximum Gasteiger partial charge on any atom is 0.213 e. The molecule has 2 aromatic rings. The lowest BCUT2D eigenvalue weighted by Gasteiger charge is -2.19. The first-order valence-corrected chi connectivity index (χ1v) is 9.83. The molecule has 26 heavy (non-hydrogen) atoms. The molecule has 0 unspecified atom stereocenters. The Balaban J connectivity index is 1.26. The normalized spacial score (nSPS) is 25.2. The summed E-state index contributed by atoms with van der Waals surface area (Å²) in [6.07, 6.45) is 2.86. The van der Waals surface area contributed by atoms with Crippen LogP contribution in [0.4, 0.5) is 0 Å². The van der Waals surface area contributed by atoms with Gasteiger partial charge in [-0.2, -0.15) is 5.26 Å². The molecular formula is C19H22N4O2S. The largest absolute Gasteiger partial charge is 0.478 e. The van der Waals surface area contributed by atoms with Gasteiger partial charge in [0.05, 0.1) is 36.1 Å². The summed E-state index contributed by atoms with van der Waals surface area (Å²) in [5, 5.41) is 8.80. The SMILES string of the molecule is Cc1ncsc1CN1C[C@H]2[C@@H](CCOc3ccc(C#N)cn3)CO[C@H]2C1. The highest BCUT2D eigenvalue weighted by Gasteiger charge is 2.43. The zero-order chi connectivity index (χ0) is 17.9. The van der Waals surface area contributed by atoms with Crippen molar-refractivity contribution in [1.82, 2.24) is 14.9 Å². The number of fused-ring (bicyclic) bond motifs is 1. The van der Waals surface area contributed by atoms with Crippen LogP contribution in [0.5, 0.6) is 5.88 Å². The third kappa shape index (κ3) is 3.73. The van der Waals surface area contributed by atoms with Crippen LogP contribution in [-0.4, -0.2) is 47.3 Å². The van der Waals surface area contributed by atoms with Gasteiger partial charge in [-0.3, -0.25) is 4.90 Å². The van der Waals surface area contributed by atoms with Gasteiger partial charge in [0, 0.05) is 42.7 Å². The fourth-order valence-corrected chi connectivity index (χ4v) is 4.65. The van der Waals surface area contributed by atoms with Crippen molar-refractivity contribution in [3.05, 3.63) is 40.0 Å². The third-order valence-corrected chi connectivity index (χ3v) is 6.25. The van der Waals surface area contributed by atoms with Crippen molar-refractivity contribution >= 4 is 11.3 Å². The van der Waals surface area contributed by atoms with E-state index in [0.717, 1.165) is 38.4 Å². The molecule has 0 amide bonds. The van der Waals surface area contributed by atoms with Gasteiger partial charge in [-0.15, -0.1) is 11.3 Å². The molecule has 7 heteroatoms. The van der Waals surface area contributed by atoms with Crippen LogP contribution < -0.4 is 4.74 Å². The van der Waals surface area contributed by atoms with E-state index < -0.39 is 0 Å². The number of pyridine rings is 1. The summed E-state index contributed by atoms with van der Waals surface area (Å²) in [6.45, 7) is 6.61. The fraction of sp³-hybridized carbons (Fsp3) is 0.526. The monoisotopic (exact) mass is 370 g/mol. The molecular weight excluding hydrogens is 348 g/mol. The summed E-state index contributed by atoms with van der Waals surface area (Å²) >= 11 is 1.74. The number of rotatable bonds is 6. The summed E-state index contributed by atoms with van der Waals surface area (Å²) in [7, 11) is 0. The molecule has 0 spiro atoms. The average molecular weight is 370 g/mol. The molecule has 0 radical (unpaired) electrons. The Morgan fingerprint density at radius 3 is 3.04 bits per heavy atom. The smallest absolute Gasteiger partial charge is 0.213 e. The van der Waals surface area contributed by atoms with E-state index in [0.29, 0.717) is 36.0 Å². The number of thiazole rings is 1. The lowest BCUT2D eigenvalue weighted by Crippen LogP contribution is -2.24. The second-order valence-corrected chi connectivity index (χ2v) is 7.92. The number of hydrogen-bond donors (Lipinski definition) is 0. The van der Waals surface area contributed by atoms with E-state index in [9.17, 15) is 0 Å². The second kappa shape index (κ2) is 7.70. The van der Waals surface area contributed by atoms with Crippen LogP contribution in [0.25, 0.3) is 0 Å². The highest BCUT2D eigenvalue weighted by Crippen LogP contribution is 2.36. The average Bonchev–Trinajstić information content (AvgIpc) is 3.34.